The Labute approximate surface area is 167 Å². The molecule has 2 aromatic heterocycles. The van der Waals surface area contributed by atoms with Gasteiger partial charge in [0.05, 0.1) is 22.3 Å². The predicted octanol–water partition coefficient (Wildman–Crippen LogP) is 3.94. The summed E-state index contributed by atoms with van der Waals surface area (Å²) in [5.41, 5.74) is 4.97. The van der Waals surface area contributed by atoms with Gasteiger partial charge in [0.25, 0.3) is 0 Å². The number of H-pyrrole nitrogens is 1. The van der Waals surface area contributed by atoms with Crippen molar-refractivity contribution in [3.63, 3.8) is 0 Å². The minimum atomic E-state index is -0.0635. The molecule has 0 saturated carbocycles. The summed E-state index contributed by atoms with van der Waals surface area (Å²) in [5, 5.41) is 29.3. The zero-order chi connectivity index (χ0) is 20.0. The first-order chi connectivity index (χ1) is 13.4. The van der Waals surface area contributed by atoms with E-state index in [1.807, 2.05) is 26.0 Å². The predicted molar refractivity (Wildman–Crippen MR) is 111 cm³/mol. The summed E-state index contributed by atoms with van der Waals surface area (Å²) in [5.74, 6) is 1.30. The van der Waals surface area contributed by atoms with Crippen molar-refractivity contribution < 1.29 is 10.2 Å². The van der Waals surface area contributed by atoms with Crippen LogP contribution < -0.4 is 0 Å². The lowest BCUT2D eigenvalue weighted by atomic mass is 10.0. The van der Waals surface area contributed by atoms with E-state index in [-0.39, 0.29) is 11.5 Å². The standard InChI is InChI=1S/C20H21N5O2S/c1-4-11-8-13(17(27)9-16(11)26)19-23-24-20(28)25(19)15-7-6-14-18(12(15)5-2)22-10(3)21-14/h6-9,26-27H,4-5H2,1-3H3,(H,21,22)(H,24,28). The van der Waals surface area contributed by atoms with E-state index in [0.29, 0.717) is 23.0 Å². The Hall–Kier alpha value is -3.00. The largest absolute Gasteiger partial charge is 0.508 e. The van der Waals surface area contributed by atoms with Crippen LogP contribution in [-0.2, 0) is 12.8 Å². The summed E-state index contributed by atoms with van der Waals surface area (Å²) in [4.78, 5) is 7.88. The molecule has 4 rings (SSSR count). The van der Waals surface area contributed by atoms with Crippen molar-refractivity contribution in [1.82, 2.24) is 24.7 Å². The second kappa shape index (κ2) is 6.87. The number of aryl methyl sites for hydroxylation is 3. The van der Waals surface area contributed by atoms with Crippen LogP contribution >= 0.6 is 12.6 Å². The van der Waals surface area contributed by atoms with Gasteiger partial charge in [-0.2, -0.15) is 0 Å². The fraction of sp³-hybridized carbons (Fsp3) is 0.250. The highest BCUT2D eigenvalue weighted by Gasteiger charge is 2.21. The van der Waals surface area contributed by atoms with Crippen LogP contribution in [0.1, 0.15) is 30.8 Å². The van der Waals surface area contributed by atoms with Gasteiger partial charge in [0, 0.05) is 11.6 Å². The first-order valence-corrected chi connectivity index (χ1v) is 9.57. The number of thiol groups is 1. The number of rotatable bonds is 4. The Morgan fingerprint density at radius 1 is 1.07 bits per heavy atom. The molecule has 28 heavy (non-hydrogen) atoms. The number of imidazole rings is 1. The molecule has 3 N–H and O–H groups in total. The van der Waals surface area contributed by atoms with Crippen LogP contribution in [0.4, 0.5) is 0 Å². The third-order valence-corrected chi connectivity index (χ3v) is 5.20. The van der Waals surface area contributed by atoms with E-state index >= 15 is 0 Å². The molecule has 7 nitrogen and oxygen atoms in total. The van der Waals surface area contributed by atoms with Gasteiger partial charge in [-0.3, -0.25) is 4.57 Å². The van der Waals surface area contributed by atoms with Crippen molar-refractivity contribution in [3.05, 3.63) is 41.2 Å². The van der Waals surface area contributed by atoms with Crippen molar-refractivity contribution in [1.29, 1.82) is 0 Å². The Balaban J connectivity index is 2.00. The Morgan fingerprint density at radius 3 is 2.57 bits per heavy atom. The van der Waals surface area contributed by atoms with Crippen LogP contribution in [0.2, 0.25) is 0 Å². The van der Waals surface area contributed by atoms with Gasteiger partial charge >= 0.3 is 0 Å². The summed E-state index contributed by atoms with van der Waals surface area (Å²) >= 11 is 4.50. The molecule has 0 saturated heterocycles. The van der Waals surface area contributed by atoms with E-state index in [1.165, 1.54) is 6.07 Å². The van der Waals surface area contributed by atoms with Crippen LogP contribution in [0.25, 0.3) is 28.1 Å². The number of nitrogens with one attached hydrogen (secondary N) is 1. The molecule has 2 aromatic carbocycles. The molecule has 8 heteroatoms. The van der Waals surface area contributed by atoms with Gasteiger partial charge in [-0.1, -0.05) is 13.8 Å². The zero-order valence-corrected chi connectivity index (χ0v) is 16.7. The number of aromatic hydroxyl groups is 2. The quantitative estimate of drug-likeness (QED) is 0.392. The molecule has 0 bridgehead atoms. The highest BCUT2D eigenvalue weighted by Crippen LogP contribution is 2.37. The molecular formula is C20H21N5O2S. The molecule has 144 valence electrons. The number of phenolic OH excluding ortho intramolecular Hbond substituents is 2. The van der Waals surface area contributed by atoms with Crippen LogP contribution in [0.5, 0.6) is 11.5 Å². The van der Waals surface area contributed by atoms with E-state index in [9.17, 15) is 10.2 Å². The van der Waals surface area contributed by atoms with Gasteiger partial charge in [0.1, 0.15) is 17.3 Å². The molecule has 4 aromatic rings. The SMILES string of the molecule is CCc1cc(-c2nnc(S)n2-c2ccc3[nH]c(C)nc3c2CC)c(O)cc1O. The lowest BCUT2D eigenvalue weighted by Gasteiger charge is -2.15. The van der Waals surface area contributed by atoms with Crippen LogP contribution in [0, 0.1) is 6.92 Å². The minimum absolute atomic E-state index is 0.0589. The van der Waals surface area contributed by atoms with Crippen LogP contribution in [-0.4, -0.2) is 34.9 Å². The Bertz CT molecular complexity index is 1200. The fourth-order valence-electron chi connectivity index (χ4n) is 3.56. The number of fused-ring (bicyclic) bond motifs is 1. The van der Waals surface area contributed by atoms with E-state index in [1.54, 1.807) is 10.6 Å². The number of aromatic amines is 1. The monoisotopic (exact) mass is 395 g/mol. The van der Waals surface area contributed by atoms with Gasteiger partial charge in [-0.05, 0) is 43.5 Å². The molecule has 2 heterocycles. The maximum atomic E-state index is 10.5. The fourth-order valence-corrected chi connectivity index (χ4v) is 3.81. The molecule has 0 aliphatic rings. The number of benzene rings is 2. The number of phenols is 2. The number of nitrogens with zero attached hydrogens (tertiary/aromatic N) is 4. The lowest BCUT2D eigenvalue weighted by Crippen LogP contribution is -2.03. The van der Waals surface area contributed by atoms with Crippen molar-refractivity contribution >= 4 is 23.7 Å². The number of hydrogen-bond donors (Lipinski definition) is 4. The van der Waals surface area contributed by atoms with Gasteiger partial charge in [-0.15, -0.1) is 22.8 Å². The molecule has 0 atom stereocenters. The molecular weight excluding hydrogens is 374 g/mol. The van der Waals surface area contributed by atoms with Gasteiger partial charge < -0.3 is 15.2 Å². The van der Waals surface area contributed by atoms with Crippen molar-refractivity contribution in [2.75, 3.05) is 0 Å². The highest BCUT2D eigenvalue weighted by molar-refractivity contribution is 7.80. The Morgan fingerprint density at radius 2 is 1.86 bits per heavy atom. The summed E-state index contributed by atoms with van der Waals surface area (Å²) in [6.07, 6.45) is 1.38. The Kier molecular flexibility index (Phi) is 4.50. The second-order valence-electron chi connectivity index (χ2n) is 6.65. The zero-order valence-electron chi connectivity index (χ0n) is 15.9. The third kappa shape index (κ3) is 2.80. The third-order valence-electron chi connectivity index (χ3n) is 4.91. The van der Waals surface area contributed by atoms with E-state index in [2.05, 4.69) is 39.7 Å². The van der Waals surface area contributed by atoms with E-state index < -0.39 is 0 Å². The maximum absolute atomic E-state index is 10.5. The van der Waals surface area contributed by atoms with Crippen LogP contribution in [0.15, 0.2) is 29.4 Å². The first kappa shape index (κ1) is 18.4. The molecule has 0 spiro atoms. The van der Waals surface area contributed by atoms with Crippen molar-refractivity contribution in [2.24, 2.45) is 0 Å². The second-order valence-corrected chi connectivity index (χ2v) is 7.05. The molecule has 0 fully saturated rings. The summed E-state index contributed by atoms with van der Waals surface area (Å²) in [7, 11) is 0. The summed E-state index contributed by atoms with van der Waals surface area (Å²) < 4.78 is 1.80. The first-order valence-electron chi connectivity index (χ1n) is 9.12. The smallest absolute Gasteiger partial charge is 0.193 e. The average Bonchev–Trinajstić information content (AvgIpc) is 3.22. The van der Waals surface area contributed by atoms with Crippen LogP contribution in [0.3, 0.4) is 0 Å². The van der Waals surface area contributed by atoms with Gasteiger partial charge in [0.2, 0.25) is 0 Å². The van der Waals surface area contributed by atoms with Gasteiger partial charge in [-0.25, -0.2) is 4.98 Å². The molecule has 0 aliphatic carbocycles. The van der Waals surface area contributed by atoms with E-state index in [4.69, 9.17) is 0 Å². The topological polar surface area (TPSA) is 99.9 Å². The van der Waals surface area contributed by atoms with Crippen molar-refractivity contribution in [3.8, 4) is 28.6 Å². The van der Waals surface area contributed by atoms with Crippen molar-refractivity contribution in [2.45, 2.75) is 38.8 Å². The number of hydrogen-bond acceptors (Lipinski definition) is 6. The molecule has 0 aliphatic heterocycles. The summed E-state index contributed by atoms with van der Waals surface area (Å²) in [6.45, 7) is 5.93. The summed E-state index contributed by atoms with van der Waals surface area (Å²) in [6, 6.07) is 7.02. The minimum Gasteiger partial charge on any atom is -0.508 e. The average molecular weight is 395 g/mol. The molecule has 0 amide bonds. The maximum Gasteiger partial charge on any atom is 0.193 e. The normalized spacial score (nSPS) is 11.4. The molecule has 0 radical (unpaired) electrons. The number of aromatic nitrogens is 5. The van der Waals surface area contributed by atoms with Gasteiger partial charge in [0.15, 0.2) is 11.0 Å². The molecule has 0 unspecified atom stereocenters. The lowest BCUT2D eigenvalue weighted by molar-refractivity contribution is 0.447. The van der Waals surface area contributed by atoms with E-state index in [0.717, 1.165) is 40.1 Å². The highest BCUT2D eigenvalue weighted by atomic mass is 32.1.